The average molecular weight is 711 g/mol. The Balaban J connectivity index is 1.26. The lowest BCUT2D eigenvalue weighted by Gasteiger charge is -2.19. The molecular weight excluding hydrogens is 681 g/mol. The van der Waals surface area contributed by atoms with E-state index in [2.05, 4.69) is 182 Å². The van der Waals surface area contributed by atoms with Crippen LogP contribution in [-0.2, 0) is 0 Å². The van der Waals surface area contributed by atoms with Gasteiger partial charge in [0, 0.05) is 20.2 Å². The standard InChI is InChI=1S/C54H30S/c1-3-13-31(14-4-1)48-45-30-44-36-18-8-7-17-35(36)39-21-12-22-40(51(39)44)52(45)49(32-15-5-2-6-16-32)54-41-23-11-20-38-34(26-27-42(50(38)41)53(48)54)33-25-28-47-43(29-33)37-19-9-10-24-46(37)55-47/h1-30H. The highest BCUT2D eigenvalue weighted by molar-refractivity contribution is 7.25. The van der Waals surface area contributed by atoms with Crippen molar-refractivity contribution in [3.63, 3.8) is 0 Å². The predicted molar refractivity (Wildman–Crippen MR) is 241 cm³/mol. The highest BCUT2D eigenvalue weighted by Gasteiger charge is 2.27. The lowest BCUT2D eigenvalue weighted by Crippen LogP contribution is -1.91. The molecule has 0 amide bonds. The van der Waals surface area contributed by atoms with Crippen molar-refractivity contribution in [2.75, 3.05) is 0 Å². The molecule has 0 saturated heterocycles. The lowest BCUT2D eigenvalue weighted by atomic mass is 9.84. The van der Waals surface area contributed by atoms with Gasteiger partial charge in [0.05, 0.1) is 0 Å². The molecule has 0 spiro atoms. The van der Waals surface area contributed by atoms with E-state index in [1.807, 2.05) is 11.3 Å². The van der Waals surface area contributed by atoms with Crippen molar-refractivity contribution < 1.29 is 0 Å². The molecule has 252 valence electrons. The minimum atomic E-state index is 1.25. The Morgan fingerprint density at radius 1 is 0.236 bits per heavy atom. The number of hydrogen-bond acceptors (Lipinski definition) is 1. The normalized spacial score (nSPS) is 12.4. The number of rotatable bonds is 3. The van der Waals surface area contributed by atoms with Crippen LogP contribution >= 0.6 is 11.3 Å². The first kappa shape index (κ1) is 29.6. The molecule has 1 heterocycles. The summed E-state index contributed by atoms with van der Waals surface area (Å²) in [5.41, 5.74) is 7.67. The first-order valence-corrected chi connectivity index (χ1v) is 19.9. The lowest BCUT2D eigenvalue weighted by molar-refractivity contribution is 1.68. The molecule has 0 N–H and O–H groups in total. The number of benzene rings is 10. The maximum Gasteiger partial charge on any atom is 0.0355 e. The summed E-state index contributed by atoms with van der Waals surface area (Å²) >= 11 is 1.88. The number of hydrogen-bond donors (Lipinski definition) is 0. The van der Waals surface area contributed by atoms with E-state index in [9.17, 15) is 0 Å². The van der Waals surface area contributed by atoms with Gasteiger partial charge < -0.3 is 0 Å². The van der Waals surface area contributed by atoms with Crippen molar-refractivity contribution >= 4 is 107 Å². The molecule has 13 rings (SSSR count). The molecule has 0 aliphatic heterocycles. The van der Waals surface area contributed by atoms with Crippen LogP contribution in [0.4, 0.5) is 0 Å². The van der Waals surface area contributed by atoms with E-state index in [4.69, 9.17) is 0 Å². The van der Waals surface area contributed by atoms with Gasteiger partial charge in [0.2, 0.25) is 0 Å². The highest BCUT2D eigenvalue weighted by Crippen LogP contribution is 2.55. The largest absolute Gasteiger partial charge is 0.135 e. The Bertz CT molecular complexity index is 3680. The van der Waals surface area contributed by atoms with E-state index < -0.39 is 0 Å². The second-order valence-electron chi connectivity index (χ2n) is 15.1. The summed E-state index contributed by atoms with van der Waals surface area (Å²) in [5, 5.41) is 21.2. The molecule has 0 aliphatic carbocycles. The molecule has 1 heteroatoms. The zero-order valence-electron chi connectivity index (χ0n) is 29.7. The molecule has 0 unspecified atom stereocenters. The van der Waals surface area contributed by atoms with Crippen LogP contribution < -0.4 is 0 Å². The Morgan fingerprint density at radius 2 is 0.782 bits per heavy atom. The smallest absolute Gasteiger partial charge is 0.0355 e. The summed E-state index contributed by atoms with van der Waals surface area (Å²) in [6.45, 7) is 0. The fraction of sp³-hybridized carbons (Fsp3) is 0. The van der Waals surface area contributed by atoms with Crippen molar-refractivity contribution in [3.8, 4) is 33.4 Å². The first-order valence-electron chi connectivity index (χ1n) is 19.1. The third-order valence-electron chi connectivity index (χ3n) is 12.3. The number of fused-ring (bicyclic) bond motifs is 11. The van der Waals surface area contributed by atoms with Gasteiger partial charge in [-0.3, -0.25) is 0 Å². The van der Waals surface area contributed by atoms with Gasteiger partial charge in [-0.15, -0.1) is 11.3 Å². The third kappa shape index (κ3) is 3.90. The SMILES string of the molecule is c1ccc(-c2c3cc4c5ccccc5c5cccc(c3c(-c3ccccc3)c3c6cccc7c(-c8ccc9sc%10ccccc%10c9c8)ccc(c23)c76)c54)cc1. The summed E-state index contributed by atoms with van der Waals surface area (Å²) in [4.78, 5) is 0. The summed E-state index contributed by atoms with van der Waals surface area (Å²) < 4.78 is 2.67. The Labute approximate surface area is 320 Å². The van der Waals surface area contributed by atoms with E-state index >= 15 is 0 Å². The van der Waals surface area contributed by atoms with Crippen LogP contribution in [0.5, 0.6) is 0 Å². The van der Waals surface area contributed by atoms with Crippen LogP contribution in [0.15, 0.2) is 182 Å². The maximum atomic E-state index is 2.52. The second-order valence-corrected chi connectivity index (χ2v) is 16.1. The van der Waals surface area contributed by atoms with E-state index in [0.717, 1.165) is 0 Å². The van der Waals surface area contributed by atoms with Crippen LogP contribution in [0.3, 0.4) is 0 Å². The molecule has 0 atom stereocenters. The zero-order valence-corrected chi connectivity index (χ0v) is 30.5. The van der Waals surface area contributed by atoms with Crippen molar-refractivity contribution in [1.82, 2.24) is 0 Å². The Kier molecular flexibility index (Phi) is 5.86. The van der Waals surface area contributed by atoms with Gasteiger partial charge in [-0.25, -0.2) is 0 Å². The topological polar surface area (TPSA) is 0 Å². The van der Waals surface area contributed by atoms with Gasteiger partial charge in [-0.2, -0.15) is 0 Å². The molecule has 1 aromatic heterocycles. The summed E-state index contributed by atoms with van der Waals surface area (Å²) in [6, 6.07) is 68.4. The molecule has 0 fully saturated rings. The molecule has 0 aliphatic rings. The minimum absolute atomic E-state index is 1.25. The van der Waals surface area contributed by atoms with E-state index in [-0.39, 0.29) is 0 Å². The Hall–Kier alpha value is -6.80. The van der Waals surface area contributed by atoms with Crippen LogP contribution in [0, 0.1) is 0 Å². The van der Waals surface area contributed by atoms with Crippen LogP contribution in [0.25, 0.3) is 129 Å². The molecule has 13 aromatic rings. The van der Waals surface area contributed by atoms with Gasteiger partial charge in [-0.1, -0.05) is 158 Å². The highest BCUT2D eigenvalue weighted by atomic mass is 32.1. The predicted octanol–water partition coefficient (Wildman–Crippen LogP) is 16.0. The van der Waals surface area contributed by atoms with E-state index in [0.29, 0.717) is 0 Å². The fourth-order valence-corrected chi connectivity index (χ4v) is 11.2. The van der Waals surface area contributed by atoms with Gasteiger partial charge in [0.1, 0.15) is 0 Å². The first-order chi connectivity index (χ1) is 27.3. The number of thiophene rings is 1. The second kappa shape index (κ2) is 10.9. The van der Waals surface area contributed by atoms with Crippen molar-refractivity contribution in [2.24, 2.45) is 0 Å². The molecule has 55 heavy (non-hydrogen) atoms. The quantitative estimate of drug-likeness (QED) is 0.160. The molecule has 12 aromatic carbocycles. The Morgan fingerprint density at radius 3 is 1.56 bits per heavy atom. The van der Waals surface area contributed by atoms with Crippen molar-refractivity contribution in [3.05, 3.63) is 182 Å². The van der Waals surface area contributed by atoms with Crippen molar-refractivity contribution in [1.29, 1.82) is 0 Å². The minimum Gasteiger partial charge on any atom is -0.135 e. The molecule has 0 bridgehead atoms. The summed E-state index contributed by atoms with van der Waals surface area (Å²) in [6.07, 6.45) is 0. The van der Waals surface area contributed by atoms with Gasteiger partial charge in [0.25, 0.3) is 0 Å². The molecule has 0 nitrogen and oxygen atoms in total. The zero-order chi connectivity index (χ0) is 35.8. The average Bonchev–Trinajstić information content (AvgIpc) is 3.90. The van der Waals surface area contributed by atoms with Crippen LogP contribution in [0.1, 0.15) is 0 Å². The molecule has 0 saturated carbocycles. The van der Waals surface area contributed by atoms with Crippen molar-refractivity contribution in [2.45, 2.75) is 0 Å². The monoisotopic (exact) mass is 710 g/mol. The molecular formula is C54H30S. The van der Waals surface area contributed by atoms with Gasteiger partial charge >= 0.3 is 0 Å². The third-order valence-corrected chi connectivity index (χ3v) is 13.5. The van der Waals surface area contributed by atoms with Gasteiger partial charge in [0.15, 0.2) is 0 Å². The van der Waals surface area contributed by atoms with E-state index in [1.165, 1.54) is 129 Å². The summed E-state index contributed by atoms with van der Waals surface area (Å²) in [7, 11) is 0. The van der Waals surface area contributed by atoms with Crippen LogP contribution in [0.2, 0.25) is 0 Å². The van der Waals surface area contributed by atoms with Gasteiger partial charge in [-0.05, 0) is 133 Å². The van der Waals surface area contributed by atoms with E-state index in [1.54, 1.807) is 0 Å². The fourth-order valence-electron chi connectivity index (χ4n) is 10.2. The van der Waals surface area contributed by atoms with Crippen LogP contribution in [-0.4, -0.2) is 0 Å². The maximum absolute atomic E-state index is 2.52. The summed E-state index contributed by atoms with van der Waals surface area (Å²) in [5.74, 6) is 0. The molecule has 0 radical (unpaired) electrons.